The standard InChI is InChI=1S/C28H46O2/c1-8-10-20-29-27(30-21-11-9-2)22-24(4)15-12-14-23(3)17-18-26-25(5)16-13-19-28(26,6)7/h12,14-15,17-18,22,27H,8-11,13,16,19-21H2,1-7H3. The lowest BCUT2D eigenvalue weighted by Crippen LogP contribution is -2.19. The van der Waals surface area contributed by atoms with E-state index >= 15 is 0 Å². The second-order valence-electron chi connectivity index (χ2n) is 9.26. The Morgan fingerprint density at radius 1 is 1.00 bits per heavy atom. The van der Waals surface area contributed by atoms with Gasteiger partial charge in [0.2, 0.25) is 0 Å². The van der Waals surface area contributed by atoms with E-state index in [-0.39, 0.29) is 6.29 Å². The molecule has 0 bridgehead atoms. The molecule has 0 heterocycles. The third-order valence-corrected chi connectivity index (χ3v) is 5.73. The summed E-state index contributed by atoms with van der Waals surface area (Å²) >= 11 is 0. The first-order valence-corrected chi connectivity index (χ1v) is 11.9. The fourth-order valence-electron chi connectivity index (χ4n) is 3.73. The zero-order valence-corrected chi connectivity index (χ0v) is 20.7. The topological polar surface area (TPSA) is 18.5 Å². The Kier molecular flexibility index (Phi) is 13.0. The quantitative estimate of drug-likeness (QED) is 0.171. The number of rotatable bonds is 13. The van der Waals surface area contributed by atoms with Crippen molar-refractivity contribution in [3.63, 3.8) is 0 Å². The van der Waals surface area contributed by atoms with Crippen LogP contribution < -0.4 is 0 Å². The molecule has 0 atom stereocenters. The van der Waals surface area contributed by atoms with Crippen molar-refractivity contribution in [2.75, 3.05) is 13.2 Å². The summed E-state index contributed by atoms with van der Waals surface area (Å²) in [5.74, 6) is 0. The molecule has 1 aliphatic carbocycles. The van der Waals surface area contributed by atoms with Gasteiger partial charge in [-0.15, -0.1) is 0 Å². The Balaban J connectivity index is 2.71. The largest absolute Gasteiger partial charge is 0.349 e. The minimum atomic E-state index is -0.249. The van der Waals surface area contributed by atoms with Gasteiger partial charge in [0, 0.05) is 0 Å². The lowest BCUT2D eigenvalue weighted by Gasteiger charge is -2.32. The van der Waals surface area contributed by atoms with Gasteiger partial charge in [-0.2, -0.15) is 0 Å². The molecule has 170 valence electrons. The van der Waals surface area contributed by atoms with E-state index in [0.717, 1.165) is 44.5 Å². The molecule has 0 radical (unpaired) electrons. The van der Waals surface area contributed by atoms with E-state index in [1.165, 1.54) is 30.4 Å². The van der Waals surface area contributed by atoms with Crippen LogP contribution in [0.4, 0.5) is 0 Å². The SMILES string of the molecule is CCCCOC(C=C(C)C=CC=C(C)C=CC1=C(C)CCCC1(C)C)OCCCC. The summed E-state index contributed by atoms with van der Waals surface area (Å²) in [5.41, 5.74) is 5.77. The molecular weight excluding hydrogens is 368 g/mol. The molecule has 0 aromatic heterocycles. The van der Waals surface area contributed by atoms with Crippen LogP contribution in [-0.2, 0) is 9.47 Å². The molecule has 30 heavy (non-hydrogen) atoms. The fraction of sp³-hybridized carbons (Fsp3) is 0.643. The fourth-order valence-corrected chi connectivity index (χ4v) is 3.73. The van der Waals surface area contributed by atoms with Crippen LogP contribution >= 0.6 is 0 Å². The summed E-state index contributed by atoms with van der Waals surface area (Å²) in [5, 5.41) is 0. The molecule has 2 nitrogen and oxygen atoms in total. The van der Waals surface area contributed by atoms with Crippen molar-refractivity contribution in [3.05, 3.63) is 58.7 Å². The van der Waals surface area contributed by atoms with Crippen LogP contribution in [0, 0.1) is 5.41 Å². The van der Waals surface area contributed by atoms with Gasteiger partial charge in [-0.3, -0.25) is 0 Å². The maximum Gasteiger partial charge on any atom is 0.177 e. The normalized spacial score (nSPS) is 18.4. The first-order chi connectivity index (χ1) is 14.3. The van der Waals surface area contributed by atoms with Crippen molar-refractivity contribution in [3.8, 4) is 0 Å². The van der Waals surface area contributed by atoms with Gasteiger partial charge in [0.05, 0.1) is 13.2 Å². The first kappa shape index (κ1) is 26.7. The molecule has 0 aromatic carbocycles. The molecular formula is C28H46O2. The van der Waals surface area contributed by atoms with Crippen LogP contribution in [0.15, 0.2) is 58.7 Å². The number of hydrogen-bond acceptors (Lipinski definition) is 2. The second-order valence-corrected chi connectivity index (χ2v) is 9.26. The van der Waals surface area contributed by atoms with Gasteiger partial charge in [-0.05, 0) is 69.9 Å². The summed E-state index contributed by atoms with van der Waals surface area (Å²) in [4.78, 5) is 0. The Morgan fingerprint density at radius 2 is 1.63 bits per heavy atom. The van der Waals surface area contributed by atoms with Crippen molar-refractivity contribution in [2.24, 2.45) is 5.41 Å². The summed E-state index contributed by atoms with van der Waals surface area (Å²) < 4.78 is 11.8. The molecule has 1 rings (SSSR count). The van der Waals surface area contributed by atoms with Crippen molar-refractivity contribution >= 4 is 0 Å². The predicted octanol–water partition coefficient (Wildman–Crippen LogP) is 8.48. The third kappa shape index (κ3) is 10.6. The zero-order chi connectivity index (χ0) is 22.4. The maximum absolute atomic E-state index is 5.90. The van der Waals surface area contributed by atoms with Crippen LogP contribution in [0.1, 0.15) is 93.4 Å². The minimum absolute atomic E-state index is 0.249. The van der Waals surface area contributed by atoms with Crippen molar-refractivity contribution in [1.29, 1.82) is 0 Å². The molecule has 0 N–H and O–H groups in total. The summed E-state index contributed by atoms with van der Waals surface area (Å²) in [6.07, 6.45) is 21.1. The maximum atomic E-state index is 5.90. The number of ether oxygens (including phenoxy) is 2. The first-order valence-electron chi connectivity index (χ1n) is 11.9. The Labute approximate surface area is 186 Å². The lowest BCUT2D eigenvalue weighted by molar-refractivity contribution is -0.112. The van der Waals surface area contributed by atoms with E-state index in [4.69, 9.17) is 9.47 Å². The third-order valence-electron chi connectivity index (χ3n) is 5.73. The molecule has 0 spiro atoms. The van der Waals surface area contributed by atoms with E-state index in [2.05, 4.69) is 84.9 Å². The Bertz CT molecular complexity index is 634. The average Bonchev–Trinajstić information content (AvgIpc) is 2.67. The highest BCUT2D eigenvalue weighted by Gasteiger charge is 2.26. The van der Waals surface area contributed by atoms with Crippen LogP contribution in [-0.4, -0.2) is 19.5 Å². The van der Waals surface area contributed by atoms with Crippen molar-refractivity contribution < 1.29 is 9.47 Å². The Morgan fingerprint density at radius 3 is 2.20 bits per heavy atom. The number of allylic oxidation sites excluding steroid dienone is 9. The smallest absolute Gasteiger partial charge is 0.177 e. The van der Waals surface area contributed by atoms with E-state index in [1.54, 1.807) is 5.57 Å². The van der Waals surface area contributed by atoms with Crippen molar-refractivity contribution in [2.45, 2.75) is 99.7 Å². The van der Waals surface area contributed by atoms with Gasteiger partial charge in [0.1, 0.15) is 0 Å². The van der Waals surface area contributed by atoms with Crippen LogP contribution in [0.3, 0.4) is 0 Å². The number of hydrogen-bond donors (Lipinski definition) is 0. The second kappa shape index (κ2) is 14.6. The molecule has 1 aliphatic rings. The van der Waals surface area contributed by atoms with Gasteiger partial charge < -0.3 is 9.47 Å². The minimum Gasteiger partial charge on any atom is -0.349 e. The van der Waals surface area contributed by atoms with Crippen LogP contribution in [0.5, 0.6) is 0 Å². The van der Waals surface area contributed by atoms with E-state index in [0.29, 0.717) is 5.41 Å². The van der Waals surface area contributed by atoms with E-state index < -0.39 is 0 Å². The average molecular weight is 415 g/mol. The highest BCUT2D eigenvalue weighted by atomic mass is 16.7. The van der Waals surface area contributed by atoms with E-state index in [9.17, 15) is 0 Å². The van der Waals surface area contributed by atoms with Gasteiger partial charge in [-0.25, -0.2) is 0 Å². The Hall–Kier alpha value is -1.38. The molecule has 0 saturated heterocycles. The molecule has 0 saturated carbocycles. The monoisotopic (exact) mass is 414 g/mol. The highest BCUT2D eigenvalue weighted by Crippen LogP contribution is 2.40. The van der Waals surface area contributed by atoms with E-state index in [1.807, 2.05) is 0 Å². The van der Waals surface area contributed by atoms with Crippen LogP contribution in [0.2, 0.25) is 0 Å². The van der Waals surface area contributed by atoms with Gasteiger partial charge in [-0.1, -0.05) is 87.6 Å². The number of unbranched alkanes of at least 4 members (excludes halogenated alkanes) is 2. The van der Waals surface area contributed by atoms with Crippen molar-refractivity contribution in [1.82, 2.24) is 0 Å². The zero-order valence-electron chi connectivity index (χ0n) is 20.7. The van der Waals surface area contributed by atoms with Gasteiger partial charge in [0.25, 0.3) is 0 Å². The van der Waals surface area contributed by atoms with Crippen LogP contribution in [0.25, 0.3) is 0 Å². The highest BCUT2D eigenvalue weighted by molar-refractivity contribution is 5.37. The predicted molar refractivity (Wildman–Crippen MR) is 132 cm³/mol. The molecule has 0 aromatic rings. The molecule has 0 amide bonds. The molecule has 0 aliphatic heterocycles. The molecule has 0 fully saturated rings. The molecule has 2 heteroatoms. The van der Waals surface area contributed by atoms with Gasteiger partial charge in [0.15, 0.2) is 6.29 Å². The summed E-state index contributed by atoms with van der Waals surface area (Å²) in [6, 6.07) is 0. The molecule has 0 unspecified atom stereocenters. The summed E-state index contributed by atoms with van der Waals surface area (Å²) in [6.45, 7) is 17.1. The van der Waals surface area contributed by atoms with Gasteiger partial charge >= 0.3 is 0 Å². The summed E-state index contributed by atoms with van der Waals surface area (Å²) in [7, 11) is 0. The lowest BCUT2D eigenvalue weighted by atomic mass is 9.72.